The fraction of sp³-hybridized carbons (Fsp3) is 0.571. The van der Waals surface area contributed by atoms with Gasteiger partial charge in [0, 0.05) is 30.6 Å². The lowest BCUT2D eigenvalue weighted by atomic mass is 9.76. The molecule has 0 saturated carbocycles. The third-order valence-electron chi connectivity index (χ3n) is 5.68. The van der Waals surface area contributed by atoms with Crippen LogP contribution in [0.3, 0.4) is 0 Å². The molecule has 7 nitrogen and oxygen atoms in total. The highest BCUT2D eigenvalue weighted by Crippen LogP contribution is 2.42. The molecule has 1 aliphatic rings. The summed E-state index contributed by atoms with van der Waals surface area (Å²) in [6, 6.07) is 5.09. The number of aromatic amines is 1. The number of benzene rings is 1. The van der Waals surface area contributed by atoms with Crippen molar-refractivity contribution in [3.8, 4) is 11.5 Å². The summed E-state index contributed by atoms with van der Waals surface area (Å²) in [4.78, 5) is 11.0. The molecule has 178 valence electrons. The summed E-state index contributed by atoms with van der Waals surface area (Å²) in [5.74, 6) is 0.920. The zero-order valence-electron chi connectivity index (χ0n) is 17.5. The second kappa shape index (κ2) is 15.1. The van der Waals surface area contributed by atoms with E-state index in [4.69, 9.17) is 10.3 Å². The number of phenols is 2. The molecule has 31 heavy (non-hydrogen) atoms. The fourth-order valence-corrected chi connectivity index (χ4v) is 4.11. The molecular weight excluding hydrogens is 598 g/mol. The largest absolute Gasteiger partial charge is 0.504 e. The smallest absolute Gasteiger partial charge is 0.280 e. The number of hydrogen-bond donors (Lipinski definition) is 5. The molecule has 0 amide bonds. The Morgan fingerprint density at radius 3 is 2.55 bits per heavy atom. The summed E-state index contributed by atoms with van der Waals surface area (Å²) in [6.45, 7) is 1.75. The van der Waals surface area contributed by atoms with E-state index in [9.17, 15) is 15.0 Å². The second-order valence-electron chi connectivity index (χ2n) is 7.69. The van der Waals surface area contributed by atoms with E-state index < -0.39 is 0 Å². The molecule has 1 aromatic heterocycles. The molecule has 0 fully saturated rings. The number of nitrogens with one attached hydrogen (secondary N) is 2. The first kappa shape index (κ1) is 30.2. The van der Waals surface area contributed by atoms with E-state index >= 15 is 0 Å². The molecule has 1 aromatic carbocycles. The topological polar surface area (TPSA) is 125 Å². The number of rotatable bonds is 10. The van der Waals surface area contributed by atoms with E-state index in [1.807, 2.05) is 6.07 Å². The molecule has 1 heterocycles. The summed E-state index contributed by atoms with van der Waals surface area (Å²) in [7, 11) is 0. The number of nitrogens with two attached hydrogens (primary N) is 1. The minimum absolute atomic E-state index is 0. The van der Waals surface area contributed by atoms with Crippen LogP contribution in [0.1, 0.15) is 61.3 Å². The van der Waals surface area contributed by atoms with E-state index in [2.05, 4.69) is 10.5 Å². The van der Waals surface area contributed by atoms with Gasteiger partial charge in [-0.15, -0.1) is 50.9 Å². The van der Waals surface area contributed by atoms with Gasteiger partial charge in [-0.2, -0.15) is 5.16 Å². The summed E-state index contributed by atoms with van der Waals surface area (Å²) in [5.41, 5.74) is 8.12. The van der Waals surface area contributed by atoms with Crippen LogP contribution in [0.15, 0.2) is 27.5 Å². The maximum atomic E-state index is 11.0. The van der Waals surface area contributed by atoms with Gasteiger partial charge < -0.3 is 25.8 Å². The molecule has 0 aliphatic heterocycles. The standard InChI is InChI=1S/C21H31N3O4.3BrH/c22-18-8-6-17-15(7-9-19(25)21(17)27)16(18)5-3-1-2-4-11-23-12-10-14-13-20(26)24-28-14;;;/h7,9,13,16,18,23,25,27H,1-6,8,10-12,22H2,(H,24,26);3*1H. The SMILES string of the molecule is Br.Br.Br.NC1CCc2c(ccc(O)c2O)C1CCCCCCNCCc1cc(=O)[nH]o1. The fourth-order valence-electron chi connectivity index (χ4n) is 4.11. The lowest BCUT2D eigenvalue weighted by Crippen LogP contribution is -2.33. The van der Waals surface area contributed by atoms with Gasteiger partial charge in [0.15, 0.2) is 11.5 Å². The number of aromatic nitrogens is 1. The average Bonchev–Trinajstić information content (AvgIpc) is 3.10. The Balaban J connectivity index is 0.00000300. The Morgan fingerprint density at radius 1 is 1.10 bits per heavy atom. The molecule has 2 atom stereocenters. The van der Waals surface area contributed by atoms with Crippen molar-refractivity contribution in [2.45, 2.75) is 63.3 Å². The summed E-state index contributed by atoms with van der Waals surface area (Å²) in [6.07, 6.45) is 7.81. The van der Waals surface area contributed by atoms with Gasteiger partial charge >= 0.3 is 0 Å². The highest BCUT2D eigenvalue weighted by Gasteiger charge is 2.29. The van der Waals surface area contributed by atoms with E-state index in [0.29, 0.717) is 12.2 Å². The lowest BCUT2D eigenvalue weighted by Gasteiger charge is -2.32. The molecule has 0 spiro atoms. The van der Waals surface area contributed by atoms with Crippen LogP contribution in [0, 0.1) is 0 Å². The first-order valence-electron chi connectivity index (χ1n) is 10.2. The number of aromatic hydroxyl groups is 2. The maximum Gasteiger partial charge on any atom is 0.280 e. The summed E-state index contributed by atoms with van der Waals surface area (Å²) in [5, 5.41) is 25.5. The lowest BCUT2D eigenvalue weighted by molar-refractivity contribution is 0.375. The summed E-state index contributed by atoms with van der Waals surface area (Å²) >= 11 is 0. The number of unbranched alkanes of at least 4 members (excludes halogenated alkanes) is 3. The van der Waals surface area contributed by atoms with Crippen molar-refractivity contribution in [3.05, 3.63) is 45.4 Å². The Labute approximate surface area is 214 Å². The predicted octanol–water partition coefficient (Wildman–Crippen LogP) is 4.25. The highest BCUT2D eigenvalue weighted by atomic mass is 79.9. The van der Waals surface area contributed by atoms with E-state index in [1.54, 1.807) is 6.07 Å². The van der Waals surface area contributed by atoms with Crippen LogP contribution in [0.25, 0.3) is 0 Å². The number of phenolic OH excluding ortho intramolecular Hbond substituents is 2. The number of halogens is 3. The second-order valence-corrected chi connectivity index (χ2v) is 7.69. The van der Waals surface area contributed by atoms with Crippen LogP contribution in [-0.4, -0.2) is 34.5 Å². The minimum atomic E-state index is -0.192. The molecule has 0 saturated heterocycles. The van der Waals surface area contributed by atoms with Crippen molar-refractivity contribution < 1.29 is 14.7 Å². The molecule has 2 unspecified atom stereocenters. The monoisotopic (exact) mass is 629 g/mol. The molecule has 0 bridgehead atoms. The minimum Gasteiger partial charge on any atom is -0.504 e. The van der Waals surface area contributed by atoms with Gasteiger partial charge in [0.05, 0.1) is 0 Å². The molecule has 0 radical (unpaired) electrons. The van der Waals surface area contributed by atoms with E-state index in [0.717, 1.165) is 69.2 Å². The number of H-pyrrole nitrogens is 1. The molecule has 1 aliphatic carbocycles. The van der Waals surface area contributed by atoms with E-state index in [1.165, 1.54) is 6.07 Å². The molecule has 10 heteroatoms. The van der Waals surface area contributed by atoms with Crippen LogP contribution in [0.5, 0.6) is 11.5 Å². The first-order valence-corrected chi connectivity index (χ1v) is 10.2. The van der Waals surface area contributed by atoms with Gasteiger partial charge in [-0.05, 0) is 49.8 Å². The maximum absolute atomic E-state index is 11.0. The zero-order valence-corrected chi connectivity index (χ0v) is 22.6. The van der Waals surface area contributed by atoms with Crippen molar-refractivity contribution in [2.24, 2.45) is 5.73 Å². The molecular formula is C21H34Br3N3O4. The van der Waals surface area contributed by atoms with Gasteiger partial charge in [-0.1, -0.05) is 25.3 Å². The third kappa shape index (κ3) is 8.57. The first-order chi connectivity index (χ1) is 13.6. The quantitative estimate of drug-likeness (QED) is 0.197. The number of hydrogen-bond acceptors (Lipinski definition) is 6. The predicted molar refractivity (Wildman–Crippen MR) is 139 cm³/mol. The van der Waals surface area contributed by atoms with Crippen LogP contribution < -0.4 is 16.6 Å². The Hall–Kier alpha value is -0.810. The third-order valence-corrected chi connectivity index (χ3v) is 5.68. The Morgan fingerprint density at radius 2 is 1.84 bits per heavy atom. The van der Waals surface area contributed by atoms with Gasteiger partial charge in [-0.3, -0.25) is 4.79 Å². The van der Waals surface area contributed by atoms with Gasteiger partial charge in [-0.25, -0.2) is 0 Å². The van der Waals surface area contributed by atoms with Gasteiger partial charge in [0.25, 0.3) is 5.56 Å². The molecule has 6 N–H and O–H groups in total. The van der Waals surface area contributed by atoms with Crippen molar-refractivity contribution >= 4 is 50.9 Å². The Kier molecular flexibility index (Phi) is 14.7. The van der Waals surface area contributed by atoms with Crippen LogP contribution in [0.2, 0.25) is 0 Å². The molecule has 2 aromatic rings. The van der Waals surface area contributed by atoms with Crippen molar-refractivity contribution in [3.63, 3.8) is 0 Å². The van der Waals surface area contributed by atoms with Crippen LogP contribution in [0.4, 0.5) is 0 Å². The van der Waals surface area contributed by atoms with Gasteiger partial charge in [0.2, 0.25) is 0 Å². The van der Waals surface area contributed by atoms with Crippen molar-refractivity contribution in [1.29, 1.82) is 0 Å². The zero-order chi connectivity index (χ0) is 19.9. The normalized spacial score (nSPS) is 17.1. The van der Waals surface area contributed by atoms with E-state index in [-0.39, 0.29) is 80.0 Å². The van der Waals surface area contributed by atoms with Gasteiger partial charge in [0.1, 0.15) is 5.76 Å². The molecule has 3 rings (SSSR count). The summed E-state index contributed by atoms with van der Waals surface area (Å²) < 4.78 is 5.01. The van der Waals surface area contributed by atoms with Crippen molar-refractivity contribution in [2.75, 3.05) is 13.1 Å². The van der Waals surface area contributed by atoms with Crippen molar-refractivity contribution in [1.82, 2.24) is 10.5 Å². The highest BCUT2D eigenvalue weighted by molar-refractivity contribution is 8.93. The Bertz CT molecular complexity index is 828. The average molecular weight is 632 g/mol. The van der Waals surface area contributed by atoms with Crippen LogP contribution >= 0.6 is 50.9 Å². The number of fused-ring (bicyclic) bond motifs is 1. The van der Waals surface area contributed by atoms with Crippen LogP contribution in [-0.2, 0) is 12.8 Å².